The van der Waals surface area contributed by atoms with Gasteiger partial charge in [0.25, 0.3) is 0 Å². The summed E-state index contributed by atoms with van der Waals surface area (Å²) in [5.74, 6) is 0.551. The lowest BCUT2D eigenvalue weighted by Gasteiger charge is -2.19. The molecule has 0 aliphatic carbocycles. The number of hydrogen-bond donors (Lipinski definition) is 1. The molecular formula is C19H25N. The van der Waals surface area contributed by atoms with E-state index in [1.807, 2.05) is 0 Å². The van der Waals surface area contributed by atoms with Crippen LogP contribution in [0.15, 0.2) is 54.6 Å². The van der Waals surface area contributed by atoms with Gasteiger partial charge in [-0.3, -0.25) is 0 Å². The Balaban J connectivity index is 1.84. The molecule has 2 aromatic rings. The van der Waals surface area contributed by atoms with E-state index < -0.39 is 0 Å². The highest BCUT2D eigenvalue weighted by Gasteiger charge is 2.08. The predicted octanol–water partition coefficient (Wildman–Crippen LogP) is 4.32. The van der Waals surface area contributed by atoms with Crippen LogP contribution in [0.25, 0.3) is 0 Å². The van der Waals surface area contributed by atoms with Crippen LogP contribution in [-0.4, -0.2) is 12.6 Å². The van der Waals surface area contributed by atoms with Crippen molar-refractivity contribution >= 4 is 0 Å². The molecule has 20 heavy (non-hydrogen) atoms. The zero-order chi connectivity index (χ0) is 14.4. The van der Waals surface area contributed by atoms with Crippen LogP contribution in [0.4, 0.5) is 0 Å². The second-order valence-corrected chi connectivity index (χ2v) is 5.75. The fraction of sp³-hybridized carbons (Fsp3) is 0.368. The molecule has 1 heteroatoms. The Hall–Kier alpha value is -1.60. The summed E-state index contributed by atoms with van der Waals surface area (Å²) in [4.78, 5) is 0. The predicted molar refractivity (Wildman–Crippen MR) is 87.2 cm³/mol. The van der Waals surface area contributed by atoms with Crippen molar-refractivity contribution in [1.29, 1.82) is 0 Å². The summed E-state index contributed by atoms with van der Waals surface area (Å²) in [6.07, 6.45) is 1.09. The van der Waals surface area contributed by atoms with Crippen LogP contribution >= 0.6 is 0 Å². The van der Waals surface area contributed by atoms with Crippen molar-refractivity contribution < 1.29 is 0 Å². The monoisotopic (exact) mass is 267 g/mol. The first-order valence-corrected chi connectivity index (χ1v) is 7.49. The van der Waals surface area contributed by atoms with E-state index in [1.165, 1.54) is 16.7 Å². The van der Waals surface area contributed by atoms with Crippen LogP contribution in [0.2, 0.25) is 0 Å². The van der Waals surface area contributed by atoms with Gasteiger partial charge in [0.1, 0.15) is 0 Å². The summed E-state index contributed by atoms with van der Waals surface area (Å²) in [6.45, 7) is 7.76. The Morgan fingerprint density at radius 2 is 1.55 bits per heavy atom. The van der Waals surface area contributed by atoms with Crippen molar-refractivity contribution in [3.63, 3.8) is 0 Å². The quantitative estimate of drug-likeness (QED) is 0.822. The molecule has 1 N–H and O–H groups in total. The summed E-state index contributed by atoms with van der Waals surface area (Å²) >= 11 is 0. The number of nitrogens with one attached hydrogen (secondary N) is 1. The summed E-state index contributed by atoms with van der Waals surface area (Å²) in [5.41, 5.74) is 4.24. The second-order valence-electron chi connectivity index (χ2n) is 5.75. The SMILES string of the molecule is Cc1ccccc1CC(C)NCC(C)c1ccccc1. The average Bonchev–Trinajstić information content (AvgIpc) is 2.48. The van der Waals surface area contributed by atoms with E-state index in [1.54, 1.807) is 0 Å². The van der Waals surface area contributed by atoms with Crippen LogP contribution in [0.3, 0.4) is 0 Å². The highest BCUT2D eigenvalue weighted by molar-refractivity contribution is 5.26. The normalized spacial score (nSPS) is 13.9. The van der Waals surface area contributed by atoms with Gasteiger partial charge in [-0.25, -0.2) is 0 Å². The van der Waals surface area contributed by atoms with Gasteiger partial charge in [-0.1, -0.05) is 61.5 Å². The molecule has 0 spiro atoms. The first-order valence-electron chi connectivity index (χ1n) is 7.49. The van der Waals surface area contributed by atoms with Crippen LogP contribution in [-0.2, 0) is 6.42 Å². The van der Waals surface area contributed by atoms with Crippen molar-refractivity contribution in [2.45, 2.75) is 39.2 Å². The third-order valence-corrected chi connectivity index (χ3v) is 3.93. The van der Waals surface area contributed by atoms with Crippen LogP contribution in [0.1, 0.15) is 36.5 Å². The van der Waals surface area contributed by atoms with E-state index in [0.717, 1.165) is 13.0 Å². The Morgan fingerprint density at radius 1 is 0.900 bits per heavy atom. The first kappa shape index (κ1) is 14.8. The number of hydrogen-bond acceptors (Lipinski definition) is 1. The average molecular weight is 267 g/mol. The fourth-order valence-electron chi connectivity index (χ4n) is 2.52. The third-order valence-electron chi connectivity index (χ3n) is 3.93. The van der Waals surface area contributed by atoms with Gasteiger partial charge in [0.05, 0.1) is 0 Å². The summed E-state index contributed by atoms with van der Waals surface area (Å²) < 4.78 is 0. The molecule has 2 unspecified atom stereocenters. The van der Waals surface area contributed by atoms with Crippen molar-refractivity contribution in [2.24, 2.45) is 0 Å². The zero-order valence-electron chi connectivity index (χ0n) is 12.8. The lowest BCUT2D eigenvalue weighted by atomic mass is 9.99. The van der Waals surface area contributed by atoms with Crippen molar-refractivity contribution in [3.05, 3.63) is 71.3 Å². The van der Waals surface area contributed by atoms with E-state index in [9.17, 15) is 0 Å². The minimum atomic E-state index is 0.502. The molecule has 106 valence electrons. The van der Waals surface area contributed by atoms with Crippen LogP contribution in [0.5, 0.6) is 0 Å². The van der Waals surface area contributed by atoms with Crippen LogP contribution in [0, 0.1) is 6.92 Å². The van der Waals surface area contributed by atoms with Gasteiger partial charge in [0.15, 0.2) is 0 Å². The molecule has 0 aliphatic heterocycles. The van der Waals surface area contributed by atoms with E-state index in [-0.39, 0.29) is 0 Å². The van der Waals surface area contributed by atoms with E-state index in [2.05, 4.69) is 80.7 Å². The summed E-state index contributed by atoms with van der Waals surface area (Å²) in [5, 5.41) is 3.66. The molecule has 0 saturated carbocycles. The maximum atomic E-state index is 3.66. The Bertz CT molecular complexity index is 518. The zero-order valence-corrected chi connectivity index (χ0v) is 12.8. The highest BCUT2D eigenvalue weighted by atomic mass is 14.9. The third kappa shape index (κ3) is 4.21. The largest absolute Gasteiger partial charge is 0.313 e. The minimum Gasteiger partial charge on any atom is -0.313 e. The highest BCUT2D eigenvalue weighted by Crippen LogP contribution is 2.14. The van der Waals surface area contributed by atoms with Crippen molar-refractivity contribution in [1.82, 2.24) is 5.32 Å². The van der Waals surface area contributed by atoms with Crippen LogP contribution < -0.4 is 5.32 Å². The number of aryl methyl sites for hydroxylation is 1. The van der Waals surface area contributed by atoms with E-state index >= 15 is 0 Å². The molecule has 2 aromatic carbocycles. The second kappa shape index (κ2) is 7.25. The molecule has 0 bridgehead atoms. The molecule has 2 atom stereocenters. The van der Waals surface area contributed by atoms with Gasteiger partial charge < -0.3 is 5.32 Å². The van der Waals surface area contributed by atoms with Gasteiger partial charge in [-0.2, -0.15) is 0 Å². The van der Waals surface area contributed by atoms with E-state index in [0.29, 0.717) is 12.0 Å². The maximum Gasteiger partial charge on any atom is 0.00794 e. The smallest absolute Gasteiger partial charge is 0.00794 e. The Labute approximate surface area is 123 Å². The fourth-order valence-corrected chi connectivity index (χ4v) is 2.52. The molecule has 2 rings (SSSR count). The van der Waals surface area contributed by atoms with Gasteiger partial charge in [0, 0.05) is 12.6 Å². The van der Waals surface area contributed by atoms with Crippen molar-refractivity contribution in [3.8, 4) is 0 Å². The maximum absolute atomic E-state index is 3.66. The van der Waals surface area contributed by atoms with Gasteiger partial charge in [0.2, 0.25) is 0 Å². The lowest BCUT2D eigenvalue weighted by molar-refractivity contribution is 0.516. The van der Waals surface area contributed by atoms with Gasteiger partial charge in [-0.15, -0.1) is 0 Å². The molecular weight excluding hydrogens is 242 g/mol. The van der Waals surface area contributed by atoms with Gasteiger partial charge >= 0.3 is 0 Å². The molecule has 0 fully saturated rings. The van der Waals surface area contributed by atoms with E-state index in [4.69, 9.17) is 0 Å². The van der Waals surface area contributed by atoms with Crippen molar-refractivity contribution in [2.75, 3.05) is 6.54 Å². The number of benzene rings is 2. The standard InChI is InChI=1S/C19H25N/c1-15-9-7-8-12-19(15)13-17(3)20-14-16(2)18-10-5-4-6-11-18/h4-12,16-17,20H,13-14H2,1-3H3. The molecule has 0 saturated heterocycles. The molecule has 0 heterocycles. The Morgan fingerprint density at radius 3 is 2.25 bits per heavy atom. The van der Waals surface area contributed by atoms with Gasteiger partial charge in [-0.05, 0) is 42.9 Å². The molecule has 0 aromatic heterocycles. The molecule has 0 radical (unpaired) electrons. The first-order chi connectivity index (χ1) is 9.66. The summed E-state index contributed by atoms with van der Waals surface area (Å²) in [6, 6.07) is 19.9. The minimum absolute atomic E-state index is 0.502. The molecule has 0 aliphatic rings. The molecule has 1 nitrogen and oxygen atoms in total. The Kier molecular flexibility index (Phi) is 5.37. The number of rotatable bonds is 6. The summed E-state index contributed by atoms with van der Waals surface area (Å²) in [7, 11) is 0. The topological polar surface area (TPSA) is 12.0 Å². The lowest BCUT2D eigenvalue weighted by Crippen LogP contribution is -2.31. The molecule has 0 amide bonds.